The molecule has 0 atom stereocenters. The molecule has 1 aliphatic heterocycles. The van der Waals surface area contributed by atoms with E-state index in [-0.39, 0.29) is 28.8 Å². The van der Waals surface area contributed by atoms with E-state index in [1.54, 1.807) is 19.1 Å². The molecule has 8 heteroatoms. The number of nitrogens with zero attached hydrogens (tertiary/aromatic N) is 3. The third-order valence-electron chi connectivity index (χ3n) is 6.55. The van der Waals surface area contributed by atoms with Gasteiger partial charge in [0.15, 0.2) is 0 Å². The minimum Gasteiger partial charge on any atom is -0.415 e. The number of carbonyl (C=O) groups excluding carboxylic acids is 1. The second kappa shape index (κ2) is 10.7. The lowest BCUT2D eigenvalue weighted by Crippen LogP contribution is -2.65. The third-order valence-corrected chi connectivity index (χ3v) is 6.55. The Balaban J connectivity index is 1.87. The Labute approximate surface area is 206 Å². The van der Waals surface area contributed by atoms with Gasteiger partial charge in [0.2, 0.25) is 11.8 Å². The molecule has 6 nitrogen and oxygen atoms in total. The van der Waals surface area contributed by atoms with E-state index in [9.17, 15) is 18.8 Å². The zero-order chi connectivity index (χ0) is 25.8. The zero-order valence-electron chi connectivity index (χ0n) is 21.1. The lowest BCUT2D eigenvalue weighted by atomic mass is 9.69. The monoisotopic (exact) mass is 484 g/mol. The highest BCUT2D eigenvalue weighted by molar-refractivity contribution is 6.01. The van der Waals surface area contributed by atoms with Crippen LogP contribution in [0.5, 0.6) is 5.88 Å². The van der Waals surface area contributed by atoms with E-state index in [4.69, 9.17) is 0 Å². The summed E-state index contributed by atoms with van der Waals surface area (Å²) in [6.45, 7) is 8.42. The first-order chi connectivity index (χ1) is 16.5. The van der Waals surface area contributed by atoms with Crippen molar-refractivity contribution >= 4 is 11.6 Å². The summed E-state index contributed by atoms with van der Waals surface area (Å²) in [4.78, 5) is 20.0. The number of alkyl halides is 2. The van der Waals surface area contributed by atoms with Crippen molar-refractivity contribution in [3.8, 4) is 11.9 Å². The lowest BCUT2D eigenvalue weighted by Gasteiger charge is -2.50. The van der Waals surface area contributed by atoms with Crippen molar-refractivity contribution < 1.29 is 18.3 Å². The summed E-state index contributed by atoms with van der Waals surface area (Å²) >= 11 is 0. The van der Waals surface area contributed by atoms with Crippen molar-refractivity contribution in [3.05, 3.63) is 53.2 Å². The van der Waals surface area contributed by atoms with Gasteiger partial charge in [0.05, 0.1) is 16.9 Å². The molecule has 1 aromatic carbocycles. The minimum atomic E-state index is -3.05. The molecule has 0 unspecified atom stereocenters. The highest BCUT2D eigenvalue weighted by atomic mass is 19.3. The number of carbonyl (C=O) groups is 1. The van der Waals surface area contributed by atoms with Gasteiger partial charge in [-0.1, -0.05) is 38.1 Å². The van der Waals surface area contributed by atoms with Gasteiger partial charge in [0.25, 0.3) is 0 Å². The van der Waals surface area contributed by atoms with Crippen LogP contribution in [0.2, 0.25) is 0 Å². The number of halogens is 2. The first-order valence-corrected chi connectivity index (χ1v) is 11.9. The summed E-state index contributed by atoms with van der Waals surface area (Å²) in [6.07, 6.45) is 1.61. The molecule has 0 spiro atoms. The maximum atomic E-state index is 13.8. The molecule has 1 aromatic heterocycles. The topological polar surface area (TPSA) is 78.2 Å². The maximum absolute atomic E-state index is 13.8. The van der Waals surface area contributed by atoms with Crippen LogP contribution in [0, 0.1) is 23.7 Å². The van der Waals surface area contributed by atoms with E-state index >= 15 is 0 Å². The molecule has 1 saturated heterocycles. The molecule has 1 aliphatic rings. The van der Waals surface area contributed by atoms with Crippen LogP contribution in [0.3, 0.4) is 0 Å². The SMILES string of the molecule is Cc1ccc(NC(=O)C2(c3ccccc3C(C)C)CN(CCCC(C)(C)C#N)C2)c(OC(F)F)n1. The number of rotatable bonds is 10. The molecule has 35 heavy (non-hydrogen) atoms. The summed E-state index contributed by atoms with van der Waals surface area (Å²) < 4.78 is 30.5. The van der Waals surface area contributed by atoms with Crippen LogP contribution in [-0.2, 0) is 10.2 Å². The Bertz CT molecular complexity index is 1090. The fraction of sp³-hybridized carbons (Fsp3) is 0.519. The van der Waals surface area contributed by atoms with Gasteiger partial charge < -0.3 is 15.0 Å². The molecule has 188 valence electrons. The van der Waals surface area contributed by atoms with E-state index in [2.05, 4.69) is 39.9 Å². The number of likely N-dealkylation sites (tertiary alicyclic amines) is 1. The highest BCUT2D eigenvalue weighted by Gasteiger charge is 2.51. The Morgan fingerprint density at radius 3 is 2.57 bits per heavy atom. The minimum absolute atomic E-state index is 0.122. The summed E-state index contributed by atoms with van der Waals surface area (Å²) in [5.74, 6) is -0.361. The van der Waals surface area contributed by atoms with Gasteiger partial charge >= 0.3 is 6.61 Å². The fourth-order valence-electron chi connectivity index (χ4n) is 4.59. The van der Waals surface area contributed by atoms with Gasteiger partial charge in [-0.2, -0.15) is 14.0 Å². The van der Waals surface area contributed by atoms with Crippen molar-refractivity contribution in [2.45, 2.75) is 65.4 Å². The van der Waals surface area contributed by atoms with Gasteiger partial charge in [0.1, 0.15) is 5.69 Å². The predicted molar refractivity (Wildman–Crippen MR) is 132 cm³/mol. The van der Waals surface area contributed by atoms with Crippen LogP contribution in [0.4, 0.5) is 14.5 Å². The Kier molecular flexibility index (Phi) is 8.11. The van der Waals surface area contributed by atoms with E-state index in [0.717, 1.165) is 30.5 Å². The molecular weight excluding hydrogens is 450 g/mol. The van der Waals surface area contributed by atoms with Gasteiger partial charge in [-0.05, 0) is 69.3 Å². The molecule has 3 rings (SSSR count). The summed E-state index contributed by atoms with van der Waals surface area (Å²) in [7, 11) is 0. The molecule has 1 N–H and O–H groups in total. The number of nitriles is 1. The number of aromatic nitrogens is 1. The number of nitrogens with one attached hydrogen (secondary N) is 1. The Hall–Kier alpha value is -3.05. The Morgan fingerprint density at radius 1 is 1.26 bits per heavy atom. The van der Waals surface area contributed by atoms with Crippen LogP contribution in [0.15, 0.2) is 36.4 Å². The van der Waals surface area contributed by atoms with Crippen LogP contribution in [0.1, 0.15) is 63.3 Å². The molecule has 1 amide bonds. The average molecular weight is 485 g/mol. The van der Waals surface area contributed by atoms with Crippen molar-refractivity contribution in [1.29, 1.82) is 5.26 Å². The van der Waals surface area contributed by atoms with Gasteiger partial charge in [-0.3, -0.25) is 4.79 Å². The molecule has 0 bridgehead atoms. The largest absolute Gasteiger partial charge is 0.415 e. The highest BCUT2D eigenvalue weighted by Crippen LogP contribution is 2.41. The van der Waals surface area contributed by atoms with E-state index < -0.39 is 12.0 Å². The summed E-state index contributed by atoms with van der Waals surface area (Å²) in [5.41, 5.74) is 1.43. The van der Waals surface area contributed by atoms with Gasteiger partial charge in [-0.15, -0.1) is 0 Å². The number of ether oxygens (including phenoxy) is 1. The van der Waals surface area contributed by atoms with Crippen molar-refractivity contribution in [3.63, 3.8) is 0 Å². The van der Waals surface area contributed by atoms with Gasteiger partial charge in [-0.25, -0.2) is 4.98 Å². The lowest BCUT2D eigenvalue weighted by molar-refractivity contribution is -0.128. The number of hydrogen-bond donors (Lipinski definition) is 1. The van der Waals surface area contributed by atoms with Crippen LogP contribution in [0.25, 0.3) is 0 Å². The van der Waals surface area contributed by atoms with Crippen molar-refractivity contribution in [1.82, 2.24) is 9.88 Å². The number of anilines is 1. The van der Waals surface area contributed by atoms with Crippen LogP contribution in [-0.4, -0.2) is 42.0 Å². The molecule has 0 saturated carbocycles. The Morgan fingerprint density at radius 2 is 1.94 bits per heavy atom. The second-order valence-electron chi connectivity index (χ2n) is 10.3. The van der Waals surface area contributed by atoms with Crippen LogP contribution < -0.4 is 10.1 Å². The smallest absolute Gasteiger partial charge is 0.388 e. The molecular formula is C27H34F2N4O2. The summed E-state index contributed by atoms with van der Waals surface area (Å²) in [6, 6.07) is 13.4. The molecule has 2 heterocycles. The molecule has 0 radical (unpaired) electrons. The van der Waals surface area contributed by atoms with Crippen LogP contribution >= 0.6 is 0 Å². The second-order valence-corrected chi connectivity index (χ2v) is 10.3. The number of hydrogen-bond acceptors (Lipinski definition) is 5. The van der Waals surface area contributed by atoms with E-state index in [1.165, 1.54) is 0 Å². The standard InChI is InChI=1S/C27H34F2N4O2/c1-18(2)20-9-6-7-10-21(20)27(16-33(17-27)14-8-13-26(4,5)15-30)24(34)32-22-12-11-19(3)31-23(22)35-25(28)29/h6-7,9-12,18,25H,8,13-14,16-17H2,1-5H3,(H,32,34). The van der Waals surface area contributed by atoms with Crippen molar-refractivity contribution in [2.24, 2.45) is 5.41 Å². The maximum Gasteiger partial charge on any atom is 0.388 e. The third kappa shape index (κ3) is 6.15. The quantitative estimate of drug-likeness (QED) is 0.472. The first-order valence-electron chi connectivity index (χ1n) is 11.9. The number of amides is 1. The van der Waals surface area contributed by atoms with E-state index in [1.807, 2.05) is 38.1 Å². The predicted octanol–water partition coefficient (Wildman–Crippen LogP) is 5.64. The zero-order valence-corrected chi connectivity index (χ0v) is 21.1. The number of benzene rings is 1. The molecule has 2 aromatic rings. The summed E-state index contributed by atoms with van der Waals surface area (Å²) in [5, 5.41) is 12.1. The molecule has 0 aliphatic carbocycles. The molecule has 1 fully saturated rings. The van der Waals surface area contributed by atoms with E-state index in [0.29, 0.717) is 18.8 Å². The van der Waals surface area contributed by atoms with Crippen molar-refractivity contribution in [2.75, 3.05) is 25.0 Å². The van der Waals surface area contributed by atoms with Gasteiger partial charge in [0, 0.05) is 18.8 Å². The number of pyridine rings is 1. The fourth-order valence-corrected chi connectivity index (χ4v) is 4.59. The normalized spacial score (nSPS) is 15.5. The first kappa shape index (κ1) is 26.6. The number of aryl methyl sites for hydroxylation is 1. The average Bonchev–Trinajstić information content (AvgIpc) is 2.76.